The zero-order chi connectivity index (χ0) is 13.9. The Hall–Kier alpha value is -2.34. The van der Waals surface area contributed by atoms with Gasteiger partial charge in [-0.1, -0.05) is 18.2 Å². The van der Waals surface area contributed by atoms with Gasteiger partial charge < -0.3 is 5.32 Å². The van der Waals surface area contributed by atoms with Gasteiger partial charge in [-0.25, -0.2) is 4.39 Å². The molecule has 1 N–H and O–H groups in total. The van der Waals surface area contributed by atoms with E-state index in [1.807, 2.05) is 12.1 Å². The normalized spacial score (nSPS) is 12.8. The second-order valence-electron chi connectivity index (χ2n) is 5.08. The predicted octanol–water partition coefficient (Wildman–Crippen LogP) is 3.80. The third-order valence-corrected chi connectivity index (χ3v) is 3.78. The molecule has 3 rings (SSSR count). The largest absolute Gasteiger partial charge is 0.381 e. The van der Waals surface area contributed by atoms with Crippen molar-refractivity contribution in [1.29, 1.82) is 5.26 Å². The first-order chi connectivity index (χ1) is 9.78. The fourth-order valence-electron chi connectivity index (χ4n) is 2.68. The molecule has 0 saturated heterocycles. The predicted molar refractivity (Wildman–Crippen MR) is 76.9 cm³/mol. The highest BCUT2D eigenvalue weighted by Crippen LogP contribution is 2.25. The van der Waals surface area contributed by atoms with Crippen LogP contribution in [-0.4, -0.2) is 0 Å². The topological polar surface area (TPSA) is 35.8 Å². The Balaban J connectivity index is 1.76. The molecular weight excluding hydrogens is 251 g/mol. The van der Waals surface area contributed by atoms with Crippen molar-refractivity contribution in [2.75, 3.05) is 5.32 Å². The van der Waals surface area contributed by atoms with Crippen LogP contribution in [0.5, 0.6) is 0 Å². The fourth-order valence-corrected chi connectivity index (χ4v) is 2.68. The number of rotatable bonds is 3. The van der Waals surface area contributed by atoms with E-state index in [0.717, 1.165) is 18.5 Å². The first kappa shape index (κ1) is 12.7. The Morgan fingerprint density at radius 2 is 2.00 bits per heavy atom. The summed E-state index contributed by atoms with van der Waals surface area (Å²) in [6.07, 6.45) is 3.51. The van der Waals surface area contributed by atoms with Crippen molar-refractivity contribution < 1.29 is 4.39 Å². The van der Waals surface area contributed by atoms with Crippen LogP contribution in [0.4, 0.5) is 10.1 Å². The van der Waals surface area contributed by atoms with Gasteiger partial charge in [0.1, 0.15) is 11.9 Å². The van der Waals surface area contributed by atoms with Gasteiger partial charge in [-0.3, -0.25) is 0 Å². The van der Waals surface area contributed by atoms with Crippen molar-refractivity contribution in [3.05, 3.63) is 64.5 Å². The van der Waals surface area contributed by atoms with Crippen LogP contribution in [0.15, 0.2) is 36.4 Å². The maximum atomic E-state index is 13.9. The van der Waals surface area contributed by atoms with Gasteiger partial charge in [-0.2, -0.15) is 5.26 Å². The molecule has 0 fully saturated rings. The van der Waals surface area contributed by atoms with Crippen LogP contribution in [0.25, 0.3) is 0 Å². The maximum Gasteiger partial charge on any atom is 0.145 e. The summed E-state index contributed by atoms with van der Waals surface area (Å²) < 4.78 is 13.9. The number of aryl methyl sites for hydroxylation is 2. The third kappa shape index (κ3) is 2.37. The molecule has 0 aliphatic heterocycles. The van der Waals surface area contributed by atoms with Gasteiger partial charge in [-0.15, -0.1) is 0 Å². The molecular formula is C17H15FN2. The maximum absolute atomic E-state index is 13.9. The molecule has 0 amide bonds. The summed E-state index contributed by atoms with van der Waals surface area (Å²) in [5.74, 6) is -0.427. The number of anilines is 1. The molecule has 0 aromatic heterocycles. The molecule has 0 atom stereocenters. The Bertz CT molecular complexity index is 686. The van der Waals surface area contributed by atoms with E-state index < -0.39 is 5.82 Å². The van der Waals surface area contributed by atoms with Crippen LogP contribution in [0.3, 0.4) is 0 Å². The molecule has 0 spiro atoms. The van der Waals surface area contributed by atoms with Crippen LogP contribution in [0, 0.1) is 17.1 Å². The van der Waals surface area contributed by atoms with E-state index in [2.05, 4.69) is 17.4 Å². The zero-order valence-corrected chi connectivity index (χ0v) is 11.1. The number of fused-ring (bicyclic) bond motifs is 1. The molecule has 0 radical (unpaired) electrons. The molecule has 0 saturated carbocycles. The van der Waals surface area contributed by atoms with Gasteiger partial charge in [0.25, 0.3) is 0 Å². The second kappa shape index (κ2) is 5.34. The molecule has 100 valence electrons. The Morgan fingerprint density at radius 3 is 2.85 bits per heavy atom. The zero-order valence-electron chi connectivity index (χ0n) is 11.1. The summed E-state index contributed by atoms with van der Waals surface area (Å²) in [6.45, 7) is 0.389. The lowest BCUT2D eigenvalue weighted by Gasteiger charge is -2.09. The fraction of sp³-hybridized carbons (Fsp3) is 0.235. The lowest BCUT2D eigenvalue weighted by molar-refractivity contribution is 0.609. The van der Waals surface area contributed by atoms with Crippen molar-refractivity contribution in [1.82, 2.24) is 0 Å². The van der Waals surface area contributed by atoms with Crippen LogP contribution in [0.2, 0.25) is 0 Å². The van der Waals surface area contributed by atoms with Gasteiger partial charge in [0.05, 0.1) is 5.56 Å². The molecule has 0 bridgehead atoms. The molecule has 3 heteroatoms. The van der Waals surface area contributed by atoms with Gasteiger partial charge in [0, 0.05) is 17.8 Å². The lowest BCUT2D eigenvalue weighted by atomic mass is 10.1. The highest BCUT2D eigenvalue weighted by Gasteiger charge is 2.11. The summed E-state index contributed by atoms with van der Waals surface area (Å²) in [5.41, 5.74) is 4.43. The van der Waals surface area contributed by atoms with Crippen molar-refractivity contribution >= 4 is 5.69 Å². The van der Waals surface area contributed by atoms with Gasteiger partial charge >= 0.3 is 0 Å². The SMILES string of the molecule is N#Cc1cccc(CNc2ccc3c(c2)CCC3)c1F. The average molecular weight is 266 g/mol. The molecule has 1 aliphatic rings. The average Bonchev–Trinajstić information content (AvgIpc) is 2.93. The molecule has 2 nitrogen and oxygen atoms in total. The van der Waals surface area contributed by atoms with Gasteiger partial charge in [-0.05, 0) is 48.6 Å². The van der Waals surface area contributed by atoms with E-state index in [4.69, 9.17) is 5.26 Å². The molecule has 20 heavy (non-hydrogen) atoms. The van der Waals surface area contributed by atoms with E-state index >= 15 is 0 Å². The highest BCUT2D eigenvalue weighted by atomic mass is 19.1. The minimum atomic E-state index is -0.427. The standard InChI is InChI=1S/C17H15FN2/c18-17-14(10-19)5-2-6-15(17)11-20-16-8-7-12-3-1-4-13(12)9-16/h2,5-9,20H,1,3-4,11H2. The van der Waals surface area contributed by atoms with Crippen LogP contribution in [0.1, 0.15) is 28.7 Å². The first-order valence-corrected chi connectivity index (χ1v) is 6.81. The van der Waals surface area contributed by atoms with Gasteiger partial charge in [0.15, 0.2) is 0 Å². The van der Waals surface area contributed by atoms with E-state index in [1.54, 1.807) is 12.1 Å². The van der Waals surface area contributed by atoms with Gasteiger partial charge in [0.2, 0.25) is 0 Å². The summed E-state index contributed by atoms with van der Waals surface area (Å²) in [4.78, 5) is 0. The van der Waals surface area contributed by atoms with E-state index in [-0.39, 0.29) is 5.56 Å². The lowest BCUT2D eigenvalue weighted by Crippen LogP contribution is -2.03. The van der Waals surface area contributed by atoms with E-state index in [9.17, 15) is 4.39 Å². The molecule has 2 aromatic rings. The number of hydrogen-bond donors (Lipinski definition) is 1. The number of nitriles is 1. The van der Waals surface area contributed by atoms with Crippen LogP contribution in [-0.2, 0) is 19.4 Å². The summed E-state index contributed by atoms with van der Waals surface area (Å²) in [7, 11) is 0. The summed E-state index contributed by atoms with van der Waals surface area (Å²) >= 11 is 0. The number of nitrogens with zero attached hydrogens (tertiary/aromatic N) is 1. The second-order valence-corrected chi connectivity index (χ2v) is 5.08. The molecule has 1 aliphatic carbocycles. The van der Waals surface area contributed by atoms with Crippen molar-refractivity contribution in [3.63, 3.8) is 0 Å². The minimum absolute atomic E-state index is 0.0956. The molecule has 0 heterocycles. The quantitative estimate of drug-likeness (QED) is 0.917. The summed E-state index contributed by atoms with van der Waals surface area (Å²) in [5, 5.41) is 12.1. The van der Waals surface area contributed by atoms with Crippen molar-refractivity contribution in [3.8, 4) is 6.07 Å². The number of nitrogens with one attached hydrogen (secondary N) is 1. The Morgan fingerprint density at radius 1 is 1.15 bits per heavy atom. The first-order valence-electron chi connectivity index (χ1n) is 6.81. The summed E-state index contributed by atoms with van der Waals surface area (Å²) in [6, 6.07) is 13.1. The number of hydrogen-bond acceptors (Lipinski definition) is 2. The van der Waals surface area contributed by atoms with Crippen molar-refractivity contribution in [2.45, 2.75) is 25.8 Å². The highest BCUT2D eigenvalue weighted by molar-refractivity contribution is 5.50. The monoisotopic (exact) mass is 266 g/mol. The van der Waals surface area contributed by atoms with Crippen LogP contribution < -0.4 is 5.32 Å². The molecule has 2 aromatic carbocycles. The Kier molecular flexibility index (Phi) is 3.39. The Labute approximate surface area is 117 Å². The smallest absolute Gasteiger partial charge is 0.145 e. The van der Waals surface area contributed by atoms with E-state index in [1.165, 1.54) is 23.6 Å². The van der Waals surface area contributed by atoms with Crippen molar-refractivity contribution in [2.24, 2.45) is 0 Å². The number of halogens is 1. The van der Waals surface area contributed by atoms with Crippen LogP contribution >= 0.6 is 0 Å². The number of benzene rings is 2. The molecule has 0 unspecified atom stereocenters. The minimum Gasteiger partial charge on any atom is -0.381 e. The van der Waals surface area contributed by atoms with E-state index in [0.29, 0.717) is 12.1 Å². The third-order valence-electron chi connectivity index (χ3n) is 3.78.